The highest BCUT2D eigenvalue weighted by atomic mass is 35.5. The molecule has 0 unspecified atom stereocenters. The van der Waals surface area contributed by atoms with Crippen LogP contribution in [0.25, 0.3) is 0 Å². The van der Waals surface area contributed by atoms with Gasteiger partial charge in [0.1, 0.15) is 5.75 Å². The van der Waals surface area contributed by atoms with E-state index in [0.717, 1.165) is 50.8 Å². The van der Waals surface area contributed by atoms with Gasteiger partial charge in [0.25, 0.3) is 0 Å². The zero-order valence-corrected chi connectivity index (χ0v) is 15.4. The number of aromatic hydroxyl groups is 1. The number of phenols is 1. The number of benzene rings is 1. The molecule has 1 fully saturated rings. The Kier molecular flexibility index (Phi) is 9.43. The Morgan fingerprint density at radius 3 is 2.25 bits per heavy atom. The summed E-state index contributed by atoms with van der Waals surface area (Å²) in [7, 11) is 0. The molecule has 1 heterocycles. The van der Waals surface area contributed by atoms with Crippen molar-refractivity contribution in [1.82, 2.24) is 10.2 Å². The molecule has 1 aromatic carbocycles. The van der Waals surface area contributed by atoms with Crippen LogP contribution in [0.5, 0.6) is 5.75 Å². The van der Waals surface area contributed by atoms with Crippen molar-refractivity contribution in [2.45, 2.75) is 32.5 Å². The van der Waals surface area contributed by atoms with Gasteiger partial charge in [0.15, 0.2) is 0 Å². The van der Waals surface area contributed by atoms with E-state index in [2.05, 4.69) is 10.2 Å². The third-order valence-electron chi connectivity index (χ3n) is 4.00. The molecule has 1 aromatic rings. The smallest absolute Gasteiger partial charge is 0.416 e. The monoisotopic (exact) mass is 388 g/mol. The lowest BCUT2D eigenvalue weighted by Gasteiger charge is -2.36. The van der Waals surface area contributed by atoms with Crippen LogP contribution in [0.3, 0.4) is 0 Å². The number of nitrogens with zero attached hydrogens (tertiary/aromatic N) is 1. The molecular weight excluding hydrogens is 364 g/mol. The Bertz CT molecular complexity index is 507. The van der Waals surface area contributed by atoms with E-state index >= 15 is 0 Å². The van der Waals surface area contributed by atoms with E-state index in [4.69, 9.17) is 0 Å². The van der Waals surface area contributed by atoms with Gasteiger partial charge >= 0.3 is 6.18 Å². The molecule has 1 atom stereocenters. The summed E-state index contributed by atoms with van der Waals surface area (Å²) in [6.07, 6.45) is -3.68. The number of hydrogen-bond donors (Lipinski definition) is 2. The first kappa shape index (κ1) is 23.3. The van der Waals surface area contributed by atoms with Gasteiger partial charge in [-0.25, -0.2) is 0 Å². The van der Waals surface area contributed by atoms with Crippen LogP contribution in [0.15, 0.2) is 18.2 Å². The Hall–Kier alpha value is -0.690. The van der Waals surface area contributed by atoms with E-state index in [1.165, 1.54) is 0 Å². The first-order chi connectivity index (χ1) is 10.3. The lowest BCUT2D eigenvalue weighted by Crippen LogP contribution is -2.45. The Labute approximate surface area is 153 Å². The minimum absolute atomic E-state index is 0. The third-order valence-corrected chi connectivity index (χ3v) is 4.00. The molecule has 3 nitrogen and oxygen atoms in total. The lowest BCUT2D eigenvalue weighted by atomic mass is 9.93. The molecule has 1 saturated heterocycles. The number of rotatable bonds is 4. The fourth-order valence-electron chi connectivity index (χ4n) is 2.91. The summed E-state index contributed by atoms with van der Waals surface area (Å²) < 4.78 is 38.9. The number of piperazine rings is 1. The topological polar surface area (TPSA) is 35.5 Å². The maximum absolute atomic E-state index is 13.0. The van der Waals surface area contributed by atoms with Crippen molar-refractivity contribution in [3.8, 4) is 5.75 Å². The molecule has 1 aliphatic heterocycles. The fourth-order valence-corrected chi connectivity index (χ4v) is 2.91. The average molecular weight is 389 g/mol. The van der Waals surface area contributed by atoms with Crippen LogP contribution in [0.2, 0.25) is 0 Å². The zero-order valence-electron chi connectivity index (χ0n) is 13.8. The maximum Gasteiger partial charge on any atom is 0.416 e. The molecule has 8 heteroatoms. The summed E-state index contributed by atoms with van der Waals surface area (Å²) in [6.45, 7) is 7.25. The Morgan fingerprint density at radius 2 is 1.75 bits per heavy atom. The van der Waals surface area contributed by atoms with Crippen molar-refractivity contribution in [3.05, 3.63) is 29.3 Å². The van der Waals surface area contributed by atoms with E-state index < -0.39 is 11.7 Å². The summed E-state index contributed by atoms with van der Waals surface area (Å²) in [4.78, 5) is 2.16. The van der Waals surface area contributed by atoms with Gasteiger partial charge in [0.2, 0.25) is 0 Å². The third kappa shape index (κ3) is 5.99. The van der Waals surface area contributed by atoms with Gasteiger partial charge < -0.3 is 10.4 Å². The van der Waals surface area contributed by atoms with E-state index in [0.29, 0.717) is 11.5 Å². The predicted molar refractivity (Wildman–Crippen MR) is 94.2 cm³/mol. The van der Waals surface area contributed by atoms with Crippen LogP contribution in [-0.4, -0.2) is 36.2 Å². The normalized spacial score (nSPS) is 17.1. The van der Waals surface area contributed by atoms with Crippen LogP contribution in [0.4, 0.5) is 13.2 Å². The number of alkyl halides is 3. The van der Waals surface area contributed by atoms with Gasteiger partial charge in [-0.05, 0) is 30.5 Å². The van der Waals surface area contributed by atoms with Crippen LogP contribution in [-0.2, 0) is 6.18 Å². The Balaban J connectivity index is 0.00000264. The molecule has 0 aromatic heterocycles. The van der Waals surface area contributed by atoms with Crippen molar-refractivity contribution in [3.63, 3.8) is 0 Å². The fraction of sp³-hybridized carbons (Fsp3) is 0.625. The summed E-state index contributed by atoms with van der Waals surface area (Å²) in [6, 6.07) is 3.01. The molecule has 140 valence electrons. The molecule has 0 amide bonds. The molecule has 0 bridgehead atoms. The largest absolute Gasteiger partial charge is 0.508 e. The van der Waals surface area contributed by atoms with Gasteiger partial charge in [0.05, 0.1) is 5.56 Å². The van der Waals surface area contributed by atoms with Crippen molar-refractivity contribution >= 4 is 24.8 Å². The second-order valence-corrected chi connectivity index (χ2v) is 6.20. The van der Waals surface area contributed by atoms with E-state index in [1.807, 2.05) is 13.8 Å². The molecule has 0 saturated carbocycles. The molecule has 0 radical (unpaired) electrons. The average Bonchev–Trinajstić information content (AvgIpc) is 2.45. The minimum atomic E-state index is -4.39. The van der Waals surface area contributed by atoms with Crippen molar-refractivity contribution in [2.24, 2.45) is 5.92 Å². The van der Waals surface area contributed by atoms with Gasteiger partial charge in [-0.1, -0.05) is 13.8 Å². The Morgan fingerprint density at radius 1 is 1.17 bits per heavy atom. The SMILES string of the molecule is CC(C)C[C@@H](c1cc(C(F)(F)F)ccc1O)N1CCNCC1.Cl.Cl. The summed E-state index contributed by atoms with van der Waals surface area (Å²) in [5.74, 6) is 0.269. The quantitative estimate of drug-likeness (QED) is 0.809. The zero-order chi connectivity index (χ0) is 16.3. The second-order valence-electron chi connectivity index (χ2n) is 6.20. The highest BCUT2D eigenvalue weighted by Gasteiger charge is 2.33. The number of phenolic OH excluding ortho intramolecular Hbond substituents is 1. The highest BCUT2D eigenvalue weighted by Crippen LogP contribution is 2.38. The van der Waals surface area contributed by atoms with Crippen LogP contribution in [0, 0.1) is 5.92 Å². The molecule has 24 heavy (non-hydrogen) atoms. The van der Waals surface area contributed by atoms with Gasteiger partial charge in [-0.15, -0.1) is 24.8 Å². The van der Waals surface area contributed by atoms with Crippen molar-refractivity contribution in [1.29, 1.82) is 0 Å². The van der Waals surface area contributed by atoms with Crippen molar-refractivity contribution in [2.75, 3.05) is 26.2 Å². The van der Waals surface area contributed by atoms with Crippen LogP contribution >= 0.6 is 24.8 Å². The van der Waals surface area contributed by atoms with Gasteiger partial charge in [0, 0.05) is 37.8 Å². The summed E-state index contributed by atoms with van der Waals surface area (Å²) >= 11 is 0. The van der Waals surface area contributed by atoms with E-state index in [-0.39, 0.29) is 36.6 Å². The minimum Gasteiger partial charge on any atom is -0.508 e. The highest BCUT2D eigenvalue weighted by molar-refractivity contribution is 5.85. The number of hydrogen-bond acceptors (Lipinski definition) is 3. The van der Waals surface area contributed by atoms with Gasteiger partial charge in [-0.2, -0.15) is 13.2 Å². The second kappa shape index (κ2) is 9.70. The number of nitrogens with one attached hydrogen (secondary N) is 1. The van der Waals surface area contributed by atoms with Crippen LogP contribution < -0.4 is 5.32 Å². The van der Waals surface area contributed by atoms with Crippen molar-refractivity contribution < 1.29 is 18.3 Å². The van der Waals surface area contributed by atoms with Gasteiger partial charge in [-0.3, -0.25) is 4.90 Å². The first-order valence-corrected chi connectivity index (χ1v) is 7.64. The standard InChI is InChI=1S/C16H23F3N2O.2ClH/c1-11(2)9-14(21-7-5-20-6-8-21)13-10-12(16(17,18)19)3-4-15(13)22;;/h3-4,10-11,14,20,22H,5-9H2,1-2H3;2*1H/t14-;;/m0../s1. The molecule has 0 aliphatic carbocycles. The molecule has 0 spiro atoms. The van der Waals surface area contributed by atoms with Crippen LogP contribution in [0.1, 0.15) is 37.4 Å². The number of halogens is 5. The van der Waals surface area contributed by atoms with E-state index in [1.54, 1.807) is 0 Å². The molecule has 1 aliphatic rings. The molecular formula is C16H25Cl2F3N2O. The summed E-state index contributed by atoms with van der Waals surface area (Å²) in [5.41, 5.74) is -0.324. The first-order valence-electron chi connectivity index (χ1n) is 7.64. The molecule has 2 N–H and O–H groups in total. The maximum atomic E-state index is 13.0. The van der Waals surface area contributed by atoms with E-state index in [9.17, 15) is 18.3 Å². The molecule has 2 rings (SSSR count). The lowest BCUT2D eigenvalue weighted by molar-refractivity contribution is -0.137. The summed E-state index contributed by atoms with van der Waals surface area (Å²) in [5, 5.41) is 13.3. The predicted octanol–water partition coefficient (Wildman–Crippen LogP) is 4.25.